The first-order valence-electron chi connectivity index (χ1n) is 9.32. The number of hydrogen-bond donors (Lipinski definition) is 2. The molecule has 0 aromatic rings. The van der Waals surface area contributed by atoms with Crippen molar-refractivity contribution in [2.24, 2.45) is 5.92 Å². The molecule has 0 bridgehead atoms. The Kier molecular flexibility index (Phi) is 8.53. The van der Waals surface area contributed by atoms with E-state index in [0.717, 1.165) is 32.1 Å². The summed E-state index contributed by atoms with van der Waals surface area (Å²) in [5, 5.41) is 13.3. The van der Waals surface area contributed by atoms with Gasteiger partial charge in [-0.1, -0.05) is 19.3 Å². The molecule has 0 spiro atoms. The highest BCUT2D eigenvalue weighted by Crippen LogP contribution is 2.28. The Morgan fingerprint density at radius 1 is 1.26 bits per heavy atom. The third-order valence-corrected chi connectivity index (χ3v) is 4.61. The molecule has 2 amide bonds. The Balaban J connectivity index is 2.88. The largest absolute Gasteiger partial charge is 0.391 e. The number of hydroxylamine groups is 2. The molecule has 1 saturated carbocycles. The van der Waals surface area contributed by atoms with Crippen LogP contribution in [0.5, 0.6) is 0 Å². The molecule has 2 unspecified atom stereocenters. The van der Waals surface area contributed by atoms with Gasteiger partial charge in [0.25, 0.3) is 5.91 Å². The molecule has 1 aliphatic rings. The molecule has 0 heterocycles. The van der Waals surface area contributed by atoms with Crippen LogP contribution in [0.1, 0.15) is 66.2 Å². The van der Waals surface area contributed by atoms with Crippen LogP contribution < -0.4 is 5.32 Å². The van der Waals surface area contributed by atoms with Crippen LogP contribution in [0.3, 0.4) is 0 Å². The summed E-state index contributed by atoms with van der Waals surface area (Å²) in [6.45, 7) is 6.42. The normalized spacial score (nSPS) is 19.9. The lowest BCUT2D eigenvalue weighted by Gasteiger charge is -2.36. The fraction of sp³-hybridized carbons (Fsp3) is 0.889. The van der Waals surface area contributed by atoms with Gasteiger partial charge < -0.3 is 10.4 Å². The average molecular weight is 396 g/mol. The summed E-state index contributed by atoms with van der Waals surface area (Å²) in [6, 6.07) is -2.15. The van der Waals surface area contributed by atoms with Crippen LogP contribution in [0.2, 0.25) is 0 Å². The van der Waals surface area contributed by atoms with E-state index in [0.29, 0.717) is 5.06 Å². The summed E-state index contributed by atoms with van der Waals surface area (Å²) in [7, 11) is 0. The quantitative estimate of drug-likeness (QED) is 0.488. The molecule has 1 rings (SSSR count). The van der Waals surface area contributed by atoms with Gasteiger partial charge in [0.2, 0.25) is 6.41 Å². The second kappa shape index (κ2) is 9.73. The minimum atomic E-state index is -4.69. The number of hydrogen-bond acceptors (Lipinski definition) is 4. The predicted molar refractivity (Wildman–Crippen MR) is 93.4 cm³/mol. The zero-order chi connectivity index (χ0) is 20.8. The predicted octanol–water partition coefficient (Wildman–Crippen LogP) is 2.94. The van der Waals surface area contributed by atoms with E-state index in [1.165, 1.54) is 0 Å². The maximum atomic E-state index is 13.0. The third kappa shape index (κ3) is 8.47. The van der Waals surface area contributed by atoms with Crippen molar-refractivity contribution >= 4 is 12.3 Å². The fourth-order valence-electron chi connectivity index (χ4n) is 3.30. The summed E-state index contributed by atoms with van der Waals surface area (Å²) in [5.41, 5.74) is -0.976. The van der Waals surface area contributed by atoms with E-state index in [-0.39, 0.29) is 18.4 Å². The highest BCUT2D eigenvalue weighted by atomic mass is 19.4. The van der Waals surface area contributed by atoms with Gasteiger partial charge in [-0.15, -0.1) is 0 Å². The minimum Gasteiger partial charge on any atom is -0.381 e. The number of halogens is 3. The summed E-state index contributed by atoms with van der Waals surface area (Å²) in [6.07, 6.45) is -3.18. The van der Waals surface area contributed by atoms with Gasteiger partial charge in [0.1, 0.15) is 6.04 Å². The lowest BCUT2D eigenvalue weighted by atomic mass is 9.84. The smallest absolute Gasteiger partial charge is 0.381 e. The maximum absolute atomic E-state index is 13.0. The summed E-state index contributed by atoms with van der Waals surface area (Å²) < 4.78 is 38.9. The zero-order valence-electron chi connectivity index (χ0n) is 16.4. The van der Waals surface area contributed by atoms with E-state index < -0.39 is 36.3 Å². The van der Waals surface area contributed by atoms with E-state index in [4.69, 9.17) is 4.84 Å². The van der Waals surface area contributed by atoms with Crippen molar-refractivity contribution in [3.05, 3.63) is 0 Å². The summed E-state index contributed by atoms with van der Waals surface area (Å²) in [5.74, 6) is -0.712. The average Bonchev–Trinajstić information content (AvgIpc) is 2.56. The standard InChI is InChI=1S/C18H31F3N2O4/c1-12(13-8-6-5-7-9-13)22-16(26)15(25)14(10-18(19,20)21)23(11-24)27-17(2,3)4/h11-15,25H,5-10H2,1-4H3,(H,22,26)/t12-,14?,15?/m0/s1. The molecular formula is C18H31F3N2O4. The Labute approximate surface area is 158 Å². The molecule has 0 aromatic heterocycles. The van der Waals surface area contributed by atoms with Crippen molar-refractivity contribution in [2.45, 2.75) is 96.2 Å². The van der Waals surface area contributed by atoms with E-state index in [2.05, 4.69) is 5.32 Å². The molecule has 2 N–H and O–H groups in total. The first-order chi connectivity index (χ1) is 12.3. The second-order valence-electron chi connectivity index (χ2n) is 8.20. The molecule has 158 valence electrons. The van der Waals surface area contributed by atoms with Gasteiger partial charge in [-0.3, -0.25) is 14.4 Å². The molecule has 6 nitrogen and oxygen atoms in total. The van der Waals surface area contributed by atoms with Crippen molar-refractivity contribution in [2.75, 3.05) is 0 Å². The number of rotatable bonds is 8. The Morgan fingerprint density at radius 2 is 1.81 bits per heavy atom. The van der Waals surface area contributed by atoms with E-state index in [1.54, 1.807) is 27.7 Å². The number of alkyl halides is 3. The fourth-order valence-corrected chi connectivity index (χ4v) is 3.30. The number of carbonyl (C=O) groups is 2. The van der Waals surface area contributed by atoms with Gasteiger partial charge >= 0.3 is 6.18 Å². The van der Waals surface area contributed by atoms with Gasteiger partial charge in [-0.05, 0) is 46.5 Å². The molecule has 9 heteroatoms. The molecule has 1 aliphatic carbocycles. The molecule has 0 aliphatic heterocycles. The van der Waals surface area contributed by atoms with E-state index in [9.17, 15) is 27.9 Å². The first-order valence-corrected chi connectivity index (χ1v) is 9.32. The highest BCUT2D eigenvalue weighted by molar-refractivity contribution is 5.81. The van der Waals surface area contributed by atoms with Crippen LogP contribution >= 0.6 is 0 Å². The summed E-state index contributed by atoms with van der Waals surface area (Å²) >= 11 is 0. The van der Waals surface area contributed by atoms with Crippen LogP contribution in [0.15, 0.2) is 0 Å². The zero-order valence-corrected chi connectivity index (χ0v) is 16.4. The van der Waals surface area contributed by atoms with Crippen molar-refractivity contribution < 1.29 is 32.7 Å². The highest BCUT2D eigenvalue weighted by Gasteiger charge is 2.43. The van der Waals surface area contributed by atoms with Crippen LogP contribution in [0.4, 0.5) is 13.2 Å². The number of aliphatic hydroxyl groups excluding tert-OH is 1. The van der Waals surface area contributed by atoms with E-state index in [1.807, 2.05) is 0 Å². The Morgan fingerprint density at radius 3 is 2.26 bits per heavy atom. The Bertz CT molecular complexity index is 488. The SMILES string of the molecule is C[C@H](NC(=O)C(O)C(CC(F)(F)F)N(C=O)OC(C)(C)C)C1CCCCC1. The van der Waals surface area contributed by atoms with Crippen molar-refractivity contribution in [3.63, 3.8) is 0 Å². The lowest BCUT2D eigenvalue weighted by molar-refractivity contribution is -0.257. The van der Waals surface area contributed by atoms with E-state index >= 15 is 0 Å². The minimum absolute atomic E-state index is 0.0583. The molecule has 0 radical (unpaired) electrons. The Hall–Kier alpha value is -1.35. The van der Waals surface area contributed by atoms with Gasteiger partial charge in [-0.2, -0.15) is 13.2 Å². The molecule has 0 saturated heterocycles. The number of aliphatic hydroxyl groups is 1. The third-order valence-electron chi connectivity index (χ3n) is 4.61. The molecule has 1 fully saturated rings. The van der Waals surface area contributed by atoms with Gasteiger partial charge in [0.15, 0.2) is 6.10 Å². The van der Waals surface area contributed by atoms with Gasteiger partial charge in [0.05, 0.1) is 12.0 Å². The molecule has 3 atom stereocenters. The molecule has 0 aromatic carbocycles. The van der Waals surface area contributed by atoms with Crippen LogP contribution in [0, 0.1) is 5.92 Å². The van der Waals surface area contributed by atoms with Crippen LogP contribution in [0.25, 0.3) is 0 Å². The van der Waals surface area contributed by atoms with Crippen molar-refractivity contribution in [1.29, 1.82) is 0 Å². The van der Waals surface area contributed by atoms with Gasteiger partial charge in [-0.25, -0.2) is 5.06 Å². The van der Waals surface area contributed by atoms with Gasteiger partial charge in [0, 0.05) is 6.04 Å². The number of amides is 2. The summed E-state index contributed by atoms with van der Waals surface area (Å²) in [4.78, 5) is 28.9. The molecular weight excluding hydrogens is 365 g/mol. The number of nitrogens with one attached hydrogen (secondary N) is 1. The first kappa shape index (κ1) is 23.7. The topological polar surface area (TPSA) is 78.9 Å². The van der Waals surface area contributed by atoms with Crippen LogP contribution in [-0.2, 0) is 14.4 Å². The molecule has 27 heavy (non-hydrogen) atoms. The van der Waals surface area contributed by atoms with Crippen LogP contribution in [-0.4, -0.2) is 52.5 Å². The number of nitrogens with zero attached hydrogens (tertiary/aromatic N) is 1. The second-order valence-corrected chi connectivity index (χ2v) is 8.20. The number of carbonyl (C=O) groups excluding carboxylic acids is 2. The van der Waals surface area contributed by atoms with Crippen molar-refractivity contribution in [3.8, 4) is 0 Å². The van der Waals surface area contributed by atoms with Crippen molar-refractivity contribution in [1.82, 2.24) is 10.4 Å². The monoisotopic (exact) mass is 396 g/mol. The lowest BCUT2D eigenvalue weighted by Crippen LogP contribution is -2.55. The maximum Gasteiger partial charge on any atom is 0.391 e.